The Bertz CT molecular complexity index is 449. The summed E-state index contributed by atoms with van der Waals surface area (Å²) in [6.07, 6.45) is 2.19. The Hall–Kier alpha value is -0.510. The van der Waals surface area contributed by atoms with Crippen LogP contribution in [0.4, 0.5) is 4.79 Å². The molecule has 0 spiro atoms. The summed E-state index contributed by atoms with van der Waals surface area (Å²) in [6.45, 7) is 0.466. The predicted molar refractivity (Wildman–Crippen MR) is 85.4 cm³/mol. The number of carboxylic acid groups (broad SMARTS) is 1. The second kappa shape index (κ2) is 12.8. The number of hydrogen-bond acceptors (Lipinski definition) is 7. The van der Waals surface area contributed by atoms with Gasteiger partial charge in [0.25, 0.3) is 0 Å². The van der Waals surface area contributed by atoms with E-state index >= 15 is 0 Å². The van der Waals surface area contributed by atoms with Gasteiger partial charge < -0.3 is 25.9 Å². The SMILES string of the molecule is NCCCCCOP(=O)(O)OP(=O)(O)OCCCCCNC(=O)O. The van der Waals surface area contributed by atoms with Gasteiger partial charge in [-0.1, -0.05) is 0 Å². The van der Waals surface area contributed by atoms with Gasteiger partial charge in [0.05, 0.1) is 13.2 Å². The molecule has 0 aliphatic carbocycles. The van der Waals surface area contributed by atoms with Crippen molar-refractivity contribution in [2.24, 2.45) is 5.73 Å². The summed E-state index contributed by atoms with van der Waals surface area (Å²) in [7, 11) is -9.40. The molecular formula is C11H26N2O9P2. The van der Waals surface area contributed by atoms with Crippen LogP contribution in [0, 0.1) is 0 Å². The average molecular weight is 392 g/mol. The molecule has 0 aromatic carbocycles. The van der Waals surface area contributed by atoms with E-state index in [1.165, 1.54) is 0 Å². The maximum atomic E-state index is 11.5. The Morgan fingerprint density at radius 2 is 1.42 bits per heavy atom. The number of phosphoric acid groups is 2. The fourth-order valence-corrected chi connectivity index (χ4v) is 3.70. The van der Waals surface area contributed by atoms with E-state index in [-0.39, 0.29) is 19.8 Å². The van der Waals surface area contributed by atoms with E-state index in [1.54, 1.807) is 0 Å². The van der Waals surface area contributed by atoms with Gasteiger partial charge in [-0.05, 0) is 45.1 Å². The first-order valence-electron chi connectivity index (χ1n) is 7.51. The summed E-state index contributed by atoms with van der Waals surface area (Å²) in [6, 6.07) is 0. The number of amides is 1. The van der Waals surface area contributed by atoms with Crippen LogP contribution in [0.1, 0.15) is 38.5 Å². The number of hydrogen-bond donors (Lipinski definition) is 5. The van der Waals surface area contributed by atoms with Crippen molar-refractivity contribution in [1.29, 1.82) is 0 Å². The molecule has 0 aliphatic heterocycles. The van der Waals surface area contributed by atoms with Crippen molar-refractivity contribution >= 4 is 21.7 Å². The molecule has 0 aromatic rings. The predicted octanol–water partition coefficient (Wildman–Crippen LogP) is 1.80. The van der Waals surface area contributed by atoms with Gasteiger partial charge in [0.2, 0.25) is 0 Å². The van der Waals surface area contributed by atoms with E-state index in [1.807, 2.05) is 0 Å². The van der Waals surface area contributed by atoms with E-state index < -0.39 is 21.7 Å². The quantitative estimate of drug-likeness (QED) is 0.204. The Morgan fingerprint density at radius 3 is 1.88 bits per heavy atom. The molecule has 144 valence electrons. The number of nitrogens with one attached hydrogen (secondary N) is 1. The van der Waals surface area contributed by atoms with Crippen LogP contribution >= 0.6 is 15.6 Å². The fourth-order valence-electron chi connectivity index (χ4n) is 1.56. The third-order valence-corrected chi connectivity index (χ3v) is 5.33. The fraction of sp³-hybridized carbons (Fsp3) is 0.909. The van der Waals surface area contributed by atoms with Crippen molar-refractivity contribution < 1.29 is 42.2 Å². The summed E-state index contributed by atoms with van der Waals surface area (Å²) in [4.78, 5) is 28.9. The molecule has 2 atom stereocenters. The van der Waals surface area contributed by atoms with Crippen LogP contribution in [0.3, 0.4) is 0 Å². The maximum absolute atomic E-state index is 11.5. The molecule has 0 fully saturated rings. The standard InChI is InChI=1S/C11H26N2O9P2/c12-7-3-1-5-9-20-23(16,17)22-24(18,19)21-10-6-2-4-8-13-11(14)15/h13H,1-10,12H2,(H,14,15)(H,16,17)(H,18,19). The number of nitrogens with two attached hydrogens (primary N) is 1. The van der Waals surface area contributed by atoms with Crippen molar-refractivity contribution in [2.45, 2.75) is 38.5 Å². The molecule has 0 aromatic heterocycles. The largest absolute Gasteiger partial charge is 0.481 e. The van der Waals surface area contributed by atoms with Gasteiger partial charge in [-0.2, -0.15) is 4.31 Å². The molecule has 0 rings (SSSR count). The first kappa shape index (κ1) is 23.5. The first-order valence-corrected chi connectivity index (χ1v) is 10.5. The molecule has 0 aliphatic rings. The molecule has 0 saturated heterocycles. The molecule has 24 heavy (non-hydrogen) atoms. The summed E-state index contributed by atoms with van der Waals surface area (Å²) >= 11 is 0. The highest BCUT2D eigenvalue weighted by molar-refractivity contribution is 7.61. The Morgan fingerprint density at radius 1 is 0.917 bits per heavy atom. The lowest BCUT2D eigenvalue weighted by atomic mass is 10.2. The number of carbonyl (C=O) groups is 1. The second-order valence-corrected chi connectivity index (χ2v) is 7.87. The summed E-state index contributed by atoms with van der Waals surface area (Å²) in [5.74, 6) is 0. The van der Waals surface area contributed by atoms with Gasteiger partial charge in [-0.3, -0.25) is 9.05 Å². The average Bonchev–Trinajstić information content (AvgIpc) is 2.44. The van der Waals surface area contributed by atoms with Crippen molar-refractivity contribution in [2.75, 3.05) is 26.3 Å². The van der Waals surface area contributed by atoms with Gasteiger partial charge in [0.1, 0.15) is 0 Å². The lowest BCUT2D eigenvalue weighted by Gasteiger charge is -2.16. The zero-order valence-corrected chi connectivity index (χ0v) is 15.1. The highest BCUT2D eigenvalue weighted by Gasteiger charge is 2.34. The van der Waals surface area contributed by atoms with E-state index in [0.717, 1.165) is 6.42 Å². The number of unbranched alkanes of at least 4 members (excludes halogenated alkanes) is 4. The van der Waals surface area contributed by atoms with Crippen LogP contribution < -0.4 is 11.1 Å². The molecule has 0 heterocycles. The molecule has 0 saturated carbocycles. The van der Waals surface area contributed by atoms with Crippen LogP contribution in [0.15, 0.2) is 0 Å². The van der Waals surface area contributed by atoms with E-state index in [4.69, 9.17) is 10.8 Å². The Labute approximate surface area is 140 Å². The molecule has 11 nitrogen and oxygen atoms in total. The number of phosphoric ester groups is 2. The monoisotopic (exact) mass is 392 g/mol. The maximum Gasteiger partial charge on any atom is 0.481 e. The van der Waals surface area contributed by atoms with Crippen LogP contribution in [0.2, 0.25) is 0 Å². The van der Waals surface area contributed by atoms with Crippen LogP contribution in [0.25, 0.3) is 0 Å². The van der Waals surface area contributed by atoms with Crippen LogP contribution in [0.5, 0.6) is 0 Å². The smallest absolute Gasteiger partial charge is 0.465 e. The Kier molecular flexibility index (Phi) is 12.5. The van der Waals surface area contributed by atoms with Crippen LogP contribution in [-0.4, -0.2) is 47.3 Å². The van der Waals surface area contributed by atoms with Crippen molar-refractivity contribution in [3.05, 3.63) is 0 Å². The molecule has 2 unspecified atom stereocenters. The van der Waals surface area contributed by atoms with Crippen LogP contribution in [-0.2, 0) is 22.5 Å². The molecule has 0 radical (unpaired) electrons. The highest BCUT2D eigenvalue weighted by Crippen LogP contribution is 2.60. The highest BCUT2D eigenvalue weighted by atomic mass is 31.3. The van der Waals surface area contributed by atoms with Gasteiger partial charge in [0, 0.05) is 6.54 Å². The summed E-state index contributed by atoms with van der Waals surface area (Å²) in [5.41, 5.74) is 5.29. The van der Waals surface area contributed by atoms with Gasteiger partial charge in [-0.25, -0.2) is 13.9 Å². The van der Waals surface area contributed by atoms with E-state index in [2.05, 4.69) is 18.7 Å². The zero-order chi connectivity index (χ0) is 18.5. The number of rotatable bonds is 15. The molecule has 0 bridgehead atoms. The second-order valence-electron chi connectivity index (χ2n) is 4.83. The van der Waals surface area contributed by atoms with Gasteiger partial charge >= 0.3 is 21.7 Å². The molecular weight excluding hydrogens is 366 g/mol. The normalized spacial score (nSPS) is 16.3. The minimum atomic E-state index is -4.71. The van der Waals surface area contributed by atoms with Gasteiger partial charge in [-0.15, -0.1) is 0 Å². The van der Waals surface area contributed by atoms with Gasteiger partial charge in [0.15, 0.2) is 0 Å². The summed E-state index contributed by atoms with van der Waals surface area (Å²) in [5, 5.41) is 10.5. The minimum Gasteiger partial charge on any atom is -0.465 e. The first-order chi connectivity index (χ1) is 11.2. The third-order valence-electron chi connectivity index (χ3n) is 2.66. The van der Waals surface area contributed by atoms with E-state index in [9.17, 15) is 23.7 Å². The zero-order valence-electron chi connectivity index (χ0n) is 13.3. The minimum absolute atomic E-state index is 0.107. The molecule has 13 heteroatoms. The van der Waals surface area contributed by atoms with Crippen molar-refractivity contribution in [1.82, 2.24) is 5.32 Å². The lowest BCUT2D eigenvalue weighted by Crippen LogP contribution is -2.21. The summed E-state index contributed by atoms with van der Waals surface area (Å²) < 4.78 is 36.3. The van der Waals surface area contributed by atoms with Crippen molar-refractivity contribution in [3.63, 3.8) is 0 Å². The Balaban J connectivity index is 3.87. The third kappa shape index (κ3) is 15.0. The molecule has 1 amide bonds. The van der Waals surface area contributed by atoms with E-state index in [0.29, 0.717) is 38.6 Å². The topological polar surface area (TPSA) is 178 Å². The van der Waals surface area contributed by atoms with Crippen molar-refractivity contribution in [3.8, 4) is 0 Å². The molecule has 6 N–H and O–H groups in total. The lowest BCUT2D eigenvalue weighted by molar-refractivity contribution is 0.152.